The number of nitriles is 1. The summed E-state index contributed by atoms with van der Waals surface area (Å²) in [5.41, 5.74) is -0.384. The van der Waals surface area contributed by atoms with E-state index in [1.165, 1.54) is 0 Å². The van der Waals surface area contributed by atoms with E-state index in [2.05, 4.69) is 10.6 Å². The molecule has 5 heteroatoms. The SMILES string of the molecule is CC(C)(C(=O)Nc1ccccc1C#N)C(=O)NC1CCCC1. The average Bonchev–Trinajstić information content (AvgIpc) is 3.00. The lowest BCUT2D eigenvalue weighted by atomic mass is 9.90. The van der Waals surface area contributed by atoms with Crippen LogP contribution in [0.15, 0.2) is 24.3 Å². The Morgan fingerprint density at radius 1 is 1.18 bits per heavy atom. The van der Waals surface area contributed by atoms with E-state index in [0.29, 0.717) is 11.3 Å². The van der Waals surface area contributed by atoms with Crippen LogP contribution < -0.4 is 10.6 Å². The number of nitrogens with one attached hydrogen (secondary N) is 2. The lowest BCUT2D eigenvalue weighted by Crippen LogP contribution is -2.48. The molecule has 0 unspecified atom stereocenters. The van der Waals surface area contributed by atoms with Crippen LogP contribution >= 0.6 is 0 Å². The van der Waals surface area contributed by atoms with Crippen LogP contribution in [0.1, 0.15) is 45.1 Å². The molecule has 0 bridgehead atoms. The number of carbonyl (C=O) groups excluding carboxylic acids is 2. The van der Waals surface area contributed by atoms with E-state index in [-0.39, 0.29) is 11.9 Å². The zero-order chi connectivity index (χ0) is 16.2. The van der Waals surface area contributed by atoms with E-state index >= 15 is 0 Å². The number of hydrogen-bond acceptors (Lipinski definition) is 3. The molecule has 2 amide bonds. The number of nitrogens with zero attached hydrogens (tertiary/aromatic N) is 1. The van der Waals surface area contributed by atoms with Crippen molar-refractivity contribution in [2.24, 2.45) is 5.41 Å². The van der Waals surface area contributed by atoms with Gasteiger partial charge in [0.25, 0.3) is 0 Å². The minimum absolute atomic E-state index is 0.172. The number of anilines is 1. The second-order valence-electron chi connectivity index (χ2n) is 6.19. The van der Waals surface area contributed by atoms with Gasteiger partial charge in [0.2, 0.25) is 11.8 Å². The van der Waals surface area contributed by atoms with Crippen molar-refractivity contribution in [3.63, 3.8) is 0 Å². The van der Waals surface area contributed by atoms with Gasteiger partial charge in [0.05, 0.1) is 11.3 Å². The molecule has 1 saturated carbocycles. The van der Waals surface area contributed by atoms with E-state index < -0.39 is 11.3 Å². The van der Waals surface area contributed by atoms with Crippen molar-refractivity contribution in [3.8, 4) is 6.07 Å². The van der Waals surface area contributed by atoms with Crippen LogP contribution in [0.2, 0.25) is 0 Å². The molecule has 0 aliphatic heterocycles. The van der Waals surface area contributed by atoms with E-state index in [1.807, 2.05) is 6.07 Å². The summed E-state index contributed by atoms with van der Waals surface area (Å²) in [7, 11) is 0. The van der Waals surface area contributed by atoms with Gasteiger partial charge in [-0.15, -0.1) is 0 Å². The van der Waals surface area contributed by atoms with Gasteiger partial charge >= 0.3 is 0 Å². The number of carbonyl (C=O) groups is 2. The molecule has 0 spiro atoms. The Bertz CT molecular complexity index is 611. The summed E-state index contributed by atoms with van der Waals surface area (Å²) in [5.74, 6) is -0.683. The molecule has 0 atom stereocenters. The van der Waals surface area contributed by atoms with Gasteiger partial charge in [-0.2, -0.15) is 5.26 Å². The van der Waals surface area contributed by atoms with Crippen molar-refractivity contribution in [1.29, 1.82) is 5.26 Å². The van der Waals surface area contributed by atoms with Crippen LogP contribution in [0.4, 0.5) is 5.69 Å². The third-order valence-corrected chi connectivity index (χ3v) is 4.12. The van der Waals surface area contributed by atoms with Crippen molar-refractivity contribution >= 4 is 17.5 Å². The largest absolute Gasteiger partial charge is 0.352 e. The summed E-state index contributed by atoms with van der Waals surface area (Å²) in [6.07, 6.45) is 4.18. The van der Waals surface area contributed by atoms with Crippen LogP contribution in [0.3, 0.4) is 0 Å². The first kappa shape index (κ1) is 16.0. The van der Waals surface area contributed by atoms with Crippen molar-refractivity contribution in [1.82, 2.24) is 5.32 Å². The molecule has 1 aromatic carbocycles. The van der Waals surface area contributed by atoms with E-state index in [1.54, 1.807) is 38.1 Å². The maximum Gasteiger partial charge on any atom is 0.239 e. The standard InChI is InChI=1S/C17H21N3O2/c1-17(2,15(21)19-13-8-4-5-9-13)16(22)20-14-10-6-3-7-12(14)11-18/h3,6-7,10,13H,4-5,8-9H2,1-2H3,(H,19,21)(H,20,22). The molecule has 116 valence electrons. The van der Waals surface area contributed by atoms with Crippen molar-refractivity contribution in [3.05, 3.63) is 29.8 Å². The molecule has 1 aliphatic carbocycles. The Hall–Kier alpha value is -2.35. The quantitative estimate of drug-likeness (QED) is 0.838. The predicted octanol–water partition coefficient (Wildman–Crippen LogP) is 2.58. The van der Waals surface area contributed by atoms with Gasteiger partial charge in [-0.3, -0.25) is 9.59 Å². The molecular formula is C17H21N3O2. The van der Waals surface area contributed by atoms with Crippen LogP contribution in [-0.2, 0) is 9.59 Å². The summed E-state index contributed by atoms with van der Waals surface area (Å²) in [5, 5.41) is 14.7. The predicted molar refractivity (Wildman–Crippen MR) is 84.0 cm³/mol. The summed E-state index contributed by atoms with van der Waals surface area (Å²) in [6, 6.07) is 8.94. The fourth-order valence-corrected chi connectivity index (χ4v) is 2.51. The zero-order valence-electron chi connectivity index (χ0n) is 13.0. The highest BCUT2D eigenvalue weighted by atomic mass is 16.2. The fraction of sp³-hybridized carbons (Fsp3) is 0.471. The maximum atomic E-state index is 12.4. The zero-order valence-corrected chi connectivity index (χ0v) is 13.0. The number of rotatable bonds is 4. The number of benzene rings is 1. The first-order valence-electron chi connectivity index (χ1n) is 7.56. The Morgan fingerprint density at radius 2 is 1.82 bits per heavy atom. The molecule has 1 fully saturated rings. The van der Waals surface area contributed by atoms with Gasteiger partial charge < -0.3 is 10.6 Å². The van der Waals surface area contributed by atoms with Crippen molar-refractivity contribution < 1.29 is 9.59 Å². The van der Waals surface area contributed by atoms with Crippen LogP contribution in [0.5, 0.6) is 0 Å². The first-order valence-corrected chi connectivity index (χ1v) is 7.56. The number of amides is 2. The van der Waals surface area contributed by atoms with Crippen LogP contribution in [0.25, 0.3) is 0 Å². The summed E-state index contributed by atoms with van der Waals surface area (Å²) in [6.45, 7) is 3.20. The molecule has 22 heavy (non-hydrogen) atoms. The minimum Gasteiger partial charge on any atom is -0.352 e. The normalized spacial score (nSPS) is 15.1. The van der Waals surface area contributed by atoms with Crippen molar-refractivity contribution in [2.75, 3.05) is 5.32 Å². The van der Waals surface area contributed by atoms with Crippen molar-refractivity contribution in [2.45, 2.75) is 45.6 Å². The highest BCUT2D eigenvalue weighted by molar-refractivity contribution is 6.10. The molecular weight excluding hydrogens is 278 g/mol. The molecule has 2 rings (SSSR count). The average molecular weight is 299 g/mol. The Kier molecular flexibility index (Phi) is 4.81. The van der Waals surface area contributed by atoms with Gasteiger partial charge in [-0.05, 0) is 38.8 Å². The lowest BCUT2D eigenvalue weighted by Gasteiger charge is -2.25. The second-order valence-corrected chi connectivity index (χ2v) is 6.19. The second kappa shape index (κ2) is 6.61. The molecule has 1 aromatic rings. The van der Waals surface area contributed by atoms with Gasteiger partial charge in [0.15, 0.2) is 0 Å². The highest BCUT2D eigenvalue weighted by Crippen LogP contribution is 2.23. The first-order chi connectivity index (χ1) is 10.4. The summed E-state index contributed by atoms with van der Waals surface area (Å²) >= 11 is 0. The molecule has 0 saturated heterocycles. The van der Waals surface area contributed by atoms with Gasteiger partial charge in [0.1, 0.15) is 11.5 Å². The molecule has 2 N–H and O–H groups in total. The maximum absolute atomic E-state index is 12.4. The fourth-order valence-electron chi connectivity index (χ4n) is 2.51. The van der Waals surface area contributed by atoms with E-state index in [9.17, 15) is 9.59 Å². The van der Waals surface area contributed by atoms with E-state index in [4.69, 9.17) is 5.26 Å². The minimum atomic E-state index is -1.19. The van der Waals surface area contributed by atoms with Crippen LogP contribution in [-0.4, -0.2) is 17.9 Å². The molecule has 0 heterocycles. The summed E-state index contributed by atoms with van der Waals surface area (Å²) in [4.78, 5) is 24.8. The summed E-state index contributed by atoms with van der Waals surface area (Å²) < 4.78 is 0. The number of para-hydroxylation sites is 1. The van der Waals surface area contributed by atoms with E-state index in [0.717, 1.165) is 25.7 Å². The third-order valence-electron chi connectivity index (χ3n) is 4.12. The topological polar surface area (TPSA) is 82.0 Å². The third kappa shape index (κ3) is 3.45. The molecule has 5 nitrogen and oxygen atoms in total. The Labute approximate surface area is 130 Å². The number of hydrogen-bond donors (Lipinski definition) is 2. The molecule has 0 aromatic heterocycles. The van der Waals surface area contributed by atoms with Crippen LogP contribution in [0, 0.1) is 16.7 Å². The molecule has 1 aliphatic rings. The smallest absolute Gasteiger partial charge is 0.239 e. The van der Waals surface area contributed by atoms with Gasteiger partial charge in [-0.1, -0.05) is 25.0 Å². The monoisotopic (exact) mass is 299 g/mol. The Balaban J connectivity index is 2.06. The van der Waals surface area contributed by atoms with Gasteiger partial charge in [0, 0.05) is 6.04 Å². The Morgan fingerprint density at radius 3 is 2.45 bits per heavy atom. The highest BCUT2D eigenvalue weighted by Gasteiger charge is 2.37. The lowest BCUT2D eigenvalue weighted by molar-refractivity contribution is -0.138. The van der Waals surface area contributed by atoms with Gasteiger partial charge in [-0.25, -0.2) is 0 Å². The molecule has 0 radical (unpaired) electrons.